The molecule has 1 saturated carbocycles. The molecule has 4 aromatic carbocycles. The lowest BCUT2D eigenvalue weighted by Gasteiger charge is -2.56. The van der Waals surface area contributed by atoms with E-state index in [1.54, 1.807) is 30.4 Å². The standard InChI is InChI=1S/C45H51FN10O4.C13H13N3O2.C2H6/c1-24(2)41(44(57)54-14-6-7-25(54)3)56-22-35(52-53-56)29-10-8-27(9-11-29)23-60-42-39(38-26(4)33(46)18-34-32(38)19-48-51-34)30(28-12-13-28)17-31-40(42)49-45(59-16-15-58-5)50-43(31)55-21-36-37(55)20-47-36;17-7-13(16-9-18)11-3-1-10(2-4-11)12-5-14-8-15-6-12;1-2/h8-11,17-19,22,24-25,28,36-37,41,47H,6-7,12-16,20-21,23H2,1-5H3,(H,48,51);1-6,8-9,13,17H,7H2,(H,16,18);1-2H3. The fourth-order valence-electron chi connectivity index (χ4n) is 11.0. The molecule has 4 aliphatic rings. The number of piperazine rings is 1. The molecule has 0 radical (unpaired) electrons. The molecule has 2 amide bonds. The first-order valence-electron chi connectivity index (χ1n) is 27.8. The Balaban J connectivity index is 0.000000305. The van der Waals surface area contributed by atoms with Gasteiger partial charge in [0.15, 0.2) is 5.75 Å². The van der Waals surface area contributed by atoms with Crippen LogP contribution in [0, 0.1) is 18.7 Å². The fraction of sp³-hybridized carbons (Fsp3) is 0.417. The molecule has 5 unspecified atom stereocenters. The minimum atomic E-state index is -0.428. The first-order valence-corrected chi connectivity index (χ1v) is 27.8. The predicted molar refractivity (Wildman–Crippen MR) is 304 cm³/mol. The van der Waals surface area contributed by atoms with Crippen molar-refractivity contribution < 1.29 is 33.3 Å². The van der Waals surface area contributed by atoms with Gasteiger partial charge in [0.2, 0.25) is 12.3 Å². The van der Waals surface area contributed by atoms with Crippen molar-refractivity contribution in [1.82, 2.24) is 60.7 Å². The zero-order valence-electron chi connectivity index (χ0n) is 46.4. The summed E-state index contributed by atoms with van der Waals surface area (Å²) in [7, 11) is 1.63. The van der Waals surface area contributed by atoms with E-state index in [1.165, 1.54) is 12.4 Å². The van der Waals surface area contributed by atoms with Gasteiger partial charge < -0.3 is 39.8 Å². The Bertz CT molecular complexity index is 3430. The minimum Gasteiger partial charge on any atom is -0.486 e. The van der Waals surface area contributed by atoms with E-state index in [9.17, 15) is 9.59 Å². The Morgan fingerprint density at radius 3 is 2.34 bits per heavy atom. The lowest BCUT2D eigenvalue weighted by Crippen LogP contribution is -2.78. The number of methoxy groups -OCH3 is 1. The van der Waals surface area contributed by atoms with E-state index in [0.717, 1.165) is 106 Å². The van der Waals surface area contributed by atoms with Gasteiger partial charge in [-0.3, -0.25) is 14.7 Å². The third-order valence-electron chi connectivity index (χ3n) is 15.6. The van der Waals surface area contributed by atoms with Crippen LogP contribution in [0.2, 0.25) is 0 Å². The lowest BCUT2D eigenvalue weighted by molar-refractivity contribution is -0.137. The van der Waals surface area contributed by atoms with Crippen LogP contribution in [-0.4, -0.2) is 132 Å². The van der Waals surface area contributed by atoms with Crippen LogP contribution in [-0.2, 0) is 20.9 Å². The summed E-state index contributed by atoms with van der Waals surface area (Å²) in [5.74, 6) is 1.46. The summed E-state index contributed by atoms with van der Waals surface area (Å²) in [6.45, 7) is 15.3. The lowest BCUT2D eigenvalue weighted by atomic mass is 9.86. The van der Waals surface area contributed by atoms with Crippen LogP contribution < -0.4 is 25.0 Å². The molecule has 0 spiro atoms. The molecule has 4 fully saturated rings. The van der Waals surface area contributed by atoms with Crippen LogP contribution in [0.1, 0.15) is 101 Å². The first-order chi connectivity index (χ1) is 39.0. The molecular weight excluding hydrogens is 1020 g/mol. The van der Waals surface area contributed by atoms with Crippen molar-refractivity contribution in [2.24, 2.45) is 5.92 Å². The smallest absolute Gasteiger partial charge is 0.319 e. The molecule has 8 aromatic rings. The number of aliphatic hydroxyl groups is 1. The molecule has 4 N–H and O–H groups in total. The van der Waals surface area contributed by atoms with Crippen molar-refractivity contribution in [3.05, 3.63) is 120 Å². The van der Waals surface area contributed by atoms with Crippen molar-refractivity contribution >= 4 is 39.9 Å². The number of nitrogens with one attached hydrogen (secondary N) is 3. The monoisotopic (exact) mass is 1090 g/mol. The Morgan fingerprint density at radius 1 is 0.938 bits per heavy atom. The number of fused-ring (bicyclic) bond motifs is 3. The maximum absolute atomic E-state index is 15.9. The Morgan fingerprint density at radius 2 is 1.70 bits per heavy atom. The maximum atomic E-state index is 15.9. The number of anilines is 1. The summed E-state index contributed by atoms with van der Waals surface area (Å²) in [6, 6.07) is 19.7. The van der Waals surface area contributed by atoms with Crippen LogP contribution >= 0.6 is 0 Å². The van der Waals surface area contributed by atoms with E-state index in [4.69, 9.17) is 29.3 Å². The van der Waals surface area contributed by atoms with Gasteiger partial charge in [0.25, 0.3) is 0 Å². The third kappa shape index (κ3) is 11.3. The van der Waals surface area contributed by atoms with Crippen LogP contribution in [0.25, 0.3) is 55.3 Å². The number of halogens is 1. The number of aromatic nitrogens is 9. The van der Waals surface area contributed by atoms with Crippen LogP contribution in [0.3, 0.4) is 0 Å². The highest BCUT2D eigenvalue weighted by atomic mass is 19.1. The van der Waals surface area contributed by atoms with Crippen molar-refractivity contribution in [3.8, 4) is 45.3 Å². The Hall–Kier alpha value is -7.94. The zero-order chi connectivity index (χ0) is 56.0. The van der Waals surface area contributed by atoms with Gasteiger partial charge in [-0.25, -0.2) is 19.0 Å². The number of ether oxygens (including phenoxy) is 3. The quantitative estimate of drug-likeness (QED) is 0.0439. The Labute approximate surface area is 464 Å². The fourth-order valence-corrected chi connectivity index (χ4v) is 11.0. The van der Waals surface area contributed by atoms with Crippen LogP contribution in [0.15, 0.2) is 91.8 Å². The van der Waals surface area contributed by atoms with E-state index < -0.39 is 6.04 Å². The van der Waals surface area contributed by atoms with Gasteiger partial charge in [-0.2, -0.15) is 15.1 Å². The first kappa shape index (κ1) is 55.4. The molecule has 12 rings (SSSR count). The van der Waals surface area contributed by atoms with Crippen LogP contribution in [0.4, 0.5) is 10.2 Å². The summed E-state index contributed by atoms with van der Waals surface area (Å²) in [5, 5.41) is 33.2. The van der Waals surface area contributed by atoms with E-state index in [0.29, 0.717) is 53.1 Å². The van der Waals surface area contributed by atoms with Crippen molar-refractivity contribution in [2.45, 2.75) is 110 Å². The second-order valence-electron chi connectivity index (χ2n) is 21.0. The second-order valence-corrected chi connectivity index (χ2v) is 21.0. The number of hydrogen-bond acceptors (Lipinski definition) is 15. The molecule has 4 aromatic heterocycles. The summed E-state index contributed by atoms with van der Waals surface area (Å²) in [6.07, 6.45) is 13.2. The van der Waals surface area contributed by atoms with Gasteiger partial charge in [0.05, 0.1) is 43.2 Å². The van der Waals surface area contributed by atoms with Gasteiger partial charge in [0, 0.05) is 84.2 Å². The molecule has 19 nitrogen and oxygen atoms in total. The molecule has 3 saturated heterocycles. The predicted octanol–water partition coefficient (Wildman–Crippen LogP) is 8.68. The van der Waals surface area contributed by atoms with E-state index >= 15 is 4.39 Å². The maximum Gasteiger partial charge on any atom is 0.319 e. The number of benzene rings is 4. The number of rotatable bonds is 19. The molecule has 80 heavy (non-hydrogen) atoms. The van der Waals surface area contributed by atoms with Gasteiger partial charge in [-0.1, -0.05) is 81.4 Å². The topological polar surface area (TPSA) is 224 Å². The third-order valence-corrected chi connectivity index (χ3v) is 15.6. The summed E-state index contributed by atoms with van der Waals surface area (Å²) < 4.78 is 36.0. The van der Waals surface area contributed by atoms with E-state index in [-0.39, 0.29) is 61.5 Å². The van der Waals surface area contributed by atoms with E-state index in [1.807, 2.05) is 80.4 Å². The summed E-state index contributed by atoms with van der Waals surface area (Å²) in [5.41, 5.74) is 9.62. The molecule has 3 aliphatic heterocycles. The highest BCUT2D eigenvalue weighted by Crippen LogP contribution is 2.53. The number of aromatic amines is 1. The largest absolute Gasteiger partial charge is 0.486 e. The molecule has 7 heterocycles. The molecule has 20 heteroatoms. The van der Waals surface area contributed by atoms with E-state index in [2.05, 4.69) is 72.8 Å². The minimum absolute atomic E-state index is 0.0481. The number of aliphatic hydroxyl groups excluding tert-OH is 1. The zero-order valence-corrected chi connectivity index (χ0v) is 46.4. The van der Waals surface area contributed by atoms with Crippen molar-refractivity contribution in [2.75, 3.05) is 51.5 Å². The second kappa shape index (κ2) is 24.6. The molecule has 5 atom stereocenters. The number of hydrogen-bond donors (Lipinski definition) is 4. The van der Waals surface area contributed by atoms with Gasteiger partial charge in [-0.05, 0) is 91.3 Å². The molecular formula is C60H70FN13O6. The highest BCUT2D eigenvalue weighted by Gasteiger charge is 2.47. The van der Waals surface area contributed by atoms with Gasteiger partial charge >= 0.3 is 6.01 Å². The Kier molecular flexibility index (Phi) is 17.0. The average molecular weight is 1090 g/mol. The number of amides is 2. The molecule has 418 valence electrons. The number of carbonyl (C=O) groups is 2. The average Bonchev–Trinajstić information content (AvgIpc) is 2.80. The summed E-state index contributed by atoms with van der Waals surface area (Å²) in [4.78, 5) is 46.4. The SMILES string of the molecule is CC.COCCOc1nc(N2CC3NCC32)c2cc(C3CC3)c(-c3c(C)c(F)cc4[nH]ncc34)c(OCc3ccc(-c4cn(C(C(=O)N5CCCC5C)C(C)C)nn4)cc3)c2n1.O=CNC(CO)c1ccc(-c2cncnc2)cc1. The number of H-pyrrole nitrogens is 1. The highest BCUT2D eigenvalue weighted by molar-refractivity contribution is 6.06. The molecule has 1 aliphatic carbocycles. The van der Waals surface area contributed by atoms with Gasteiger partial charge in [-0.15, -0.1) is 5.10 Å². The van der Waals surface area contributed by atoms with Crippen LogP contribution in [0.5, 0.6) is 11.8 Å². The van der Waals surface area contributed by atoms with Crippen molar-refractivity contribution in [3.63, 3.8) is 0 Å². The number of likely N-dealkylation sites (tertiary alicyclic amines) is 1. The summed E-state index contributed by atoms with van der Waals surface area (Å²) >= 11 is 0. The number of nitrogens with zero attached hydrogens (tertiary/aromatic N) is 10. The van der Waals surface area contributed by atoms with Crippen molar-refractivity contribution in [1.29, 1.82) is 0 Å². The number of carbonyl (C=O) groups excluding carboxylic acids is 2. The normalized spacial score (nSPS) is 18.1. The van der Waals surface area contributed by atoms with Gasteiger partial charge in [0.1, 0.15) is 48.4 Å². The molecule has 0 bridgehead atoms.